The van der Waals surface area contributed by atoms with Crippen LogP contribution in [0.1, 0.15) is 194 Å². The van der Waals surface area contributed by atoms with Crippen LogP contribution in [-0.2, 0) is 33.2 Å². The molecule has 19 nitrogen and oxygen atoms in total. The van der Waals surface area contributed by atoms with Crippen LogP contribution in [0, 0.1) is 0 Å². The molecule has 17 atom stereocenters. The zero-order valence-corrected chi connectivity index (χ0v) is 49.0. The summed E-state index contributed by atoms with van der Waals surface area (Å²) in [6.45, 7) is 1.65. The normalized spacial score (nSPS) is 30.2. The Morgan fingerprint density at radius 3 is 1.33 bits per heavy atom. The van der Waals surface area contributed by atoms with E-state index < -0.39 is 124 Å². The van der Waals surface area contributed by atoms with Gasteiger partial charge in [0.1, 0.15) is 73.2 Å². The van der Waals surface area contributed by atoms with Gasteiger partial charge in [-0.05, 0) is 77.0 Å². The minimum absolute atomic E-state index is 0.213. The van der Waals surface area contributed by atoms with Gasteiger partial charge in [-0.25, -0.2) is 0 Å². The summed E-state index contributed by atoms with van der Waals surface area (Å²) in [5.74, 6) is -0.306. The van der Waals surface area contributed by atoms with E-state index in [4.69, 9.17) is 28.4 Å². The van der Waals surface area contributed by atoms with Crippen molar-refractivity contribution in [3.63, 3.8) is 0 Å². The van der Waals surface area contributed by atoms with Crippen LogP contribution in [0.5, 0.6) is 0 Å². The van der Waals surface area contributed by atoms with Crippen molar-refractivity contribution in [2.45, 2.75) is 298 Å². The number of ether oxygens (including phenoxy) is 6. The highest BCUT2D eigenvalue weighted by atomic mass is 16.8. The number of nitrogens with one attached hydrogen (secondary N) is 1. The van der Waals surface area contributed by atoms with Crippen molar-refractivity contribution in [2.75, 3.05) is 26.4 Å². The van der Waals surface area contributed by atoms with Crippen LogP contribution in [0.15, 0.2) is 60.8 Å². The Hall–Kier alpha value is -2.51. The molecule has 0 aromatic heterocycles. The van der Waals surface area contributed by atoms with Crippen molar-refractivity contribution in [1.82, 2.24) is 5.32 Å². The van der Waals surface area contributed by atoms with Crippen LogP contribution in [0.3, 0.4) is 0 Å². The van der Waals surface area contributed by atoms with Crippen LogP contribution in [-0.4, -0.2) is 193 Å². The molecule has 81 heavy (non-hydrogen) atoms. The van der Waals surface area contributed by atoms with Crippen LogP contribution in [0.2, 0.25) is 0 Å². The predicted octanol–water partition coefficient (Wildman–Crippen LogP) is 6.04. The minimum Gasteiger partial charge on any atom is -0.394 e. The third-order valence-corrected chi connectivity index (χ3v) is 15.3. The molecule has 3 rings (SSSR count). The zero-order valence-electron chi connectivity index (χ0n) is 49.0. The van der Waals surface area contributed by atoms with Gasteiger partial charge in [0.25, 0.3) is 0 Å². The summed E-state index contributed by atoms with van der Waals surface area (Å²) in [6, 6.07) is -1.01. The van der Waals surface area contributed by atoms with Crippen molar-refractivity contribution in [3.05, 3.63) is 60.8 Å². The van der Waals surface area contributed by atoms with Crippen LogP contribution < -0.4 is 5.32 Å². The van der Waals surface area contributed by atoms with E-state index in [1.54, 1.807) is 6.08 Å². The van der Waals surface area contributed by atoms with Crippen molar-refractivity contribution in [3.8, 4) is 0 Å². The number of allylic oxidation sites excluding steroid dienone is 9. The van der Waals surface area contributed by atoms with Crippen LogP contribution >= 0.6 is 0 Å². The topological polar surface area (TPSA) is 307 Å². The Morgan fingerprint density at radius 1 is 0.444 bits per heavy atom. The molecule has 12 N–H and O–H groups in total. The SMILES string of the molecule is CCCCC/C=C\C/C=C\CCCCCCCC(=O)NC(COC1OC(CO)C(OC2OC(CO)C(OC3OC(CO)C(O)C(O)C3O)C(O)C2O)C(O)C1O)C(O)/C=C/CC/C=C/CC/C=C/CCCCCCCCCCCCC. The molecule has 19 heteroatoms. The molecule has 0 aromatic rings. The highest BCUT2D eigenvalue weighted by Crippen LogP contribution is 2.33. The number of carbonyl (C=O) groups excluding carboxylic acids is 1. The second-order valence-electron chi connectivity index (χ2n) is 22.1. The lowest BCUT2D eigenvalue weighted by atomic mass is 9.96. The molecular weight excluding hydrogens is 1050 g/mol. The van der Waals surface area contributed by atoms with Crippen LogP contribution in [0.25, 0.3) is 0 Å². The fourth-order valence-corrected chi connectivity index (χ4v) is 10.1. The van der Waals surface area contributed by atoms with E-state index in [0.717, 1.165) is 70.6 Å². The van der Waals surface area contributed by atoms with Gasteiger partial charge in [-0.2, -0.15) is 0 Å². The van der Waals surface area contributed by atoms with Gasteiger partial charge >= 0.3 is 0 Å². The number of carbonyl (C=O) groups is 1. The largest absolute Gasteiger partial charge is 0.394 e. The molecule has 0 saturated carbocycles. The molecule has 0 aromatic carbocycles. The van der Waals surface area contributed by atoms with Gasteiger partial charge in [0.15, 0.2) is 18.9 Å². The van der Waals surface area contributed by atoms with E-state index >= 15 is 0 Å². The van der Waals surface area contributed by atoms with E-state index in [2.05, 4.69) is 67.8 Å². The summed E-state index contributed by atoms with van der Waals surface area (Å²) >= 11 is 0. The van der Waals surface area contributed by atoms with E-state index in [1.807, 2.05) is 6.08 Å². The predicted molar refractivity (Wildman–Crippen MR) is 309 cm³/mol. The van der Waals surface area contributed by atoms with E-state index in [-0.39, 0.29) is 18.9 Å². The third-order valence-electron chi connectivity index (χ3n) is 15.3. The molecule has 0 spiro atoms. The maximum Gasteiger partial charge on any atom is 0.220 e. The summed E-state index contributed by atoms with van der Waals surface area (Å²) in [7, 11) is 0. The molecule has 3 aliphatic heterocycles. The Morgan fingerprint density at radius 2 is 0.827 bits per heavy atom. The molecule has 3 fully saturated rings. The average molecular weight is 1160 g/mol. The number of hydrogen-bond donors (Lipinski definition) is 12. The lowest BCUT2D eigenvalue weighted by molar-refractivity contribution is -0.379. The molecule has 0 bridgehead atoms. The first kappa shape index (κ1) is 72.7. The minimum atomic E-state index is -1.98. The van der Waals surface area contributed by atoms with Crippen LogP contribution in [0.4, 0.5) is 0 Å². The molecule has 470 valence electrons. The second kappa shape index (κ2) is 44.9. The number of aliphatic hydroxyl groups excluding tert-OH is 11. The molecule has 1 amide bonds. The van der Waals surface area contributed by atoms with Crippen molar-refractivity contribution in [1.29, 1.82) is 0 Å². The van der Waals surface area contributed by atoms with Gasteiger partial charge < -0.3 is 89.9 Å². The van der Waals surface area contributed by atoms with Crippen molar-refractivity contribution < 1.29 is 89.4 Å². The molecule has 0 radical (unpaired) electrons. The lowest BCUT2D eigenvalue weighted by Crippen LogP contribution is -2.66. The van der Waals surface area contributed by atoms with E-state index in [1.165, 1.54) is 89.9 Å². The Bertz CT molecular complexity index is 1710. The molecule has 3 heterocycles. The summed E-state index contributed by atoms with van der Waals surface area (Å²) in [4.78, 5) is 13.3. The quantitative estimate of drug-likeness (QED) is 0.0244. The summed E-state index contributed by atoms with van der Waals surface area (Å²) < 4.78 is 34.2. The Kier molecular flexibility index (Phi) is 40.3. The van der Waals surface area contributed by atoms with Gasteiger partial charge in [-0.3, -0.25) is 4.79 Å². The average Bonchev–Trinajstić information content (AvgIpc) is 3.52. The maximum absolute atomic E-state index is 13.3. The molecule has 17 unspecified atom stereocenters. The molecule has 3 saturated heterocycles. The lowest BCUT2D eigenvalue weighted by Gasteiger charge is -2.48. The smallest absolute Gasteiger partial charge is 0.220 e. The fraction of sp³-hybridized carbons (Fsp3) is 0.823. The number of rotatable bonds is 45. The molecular formula is C62H109NO18. The van der Waals surface area contributed by atoms with Gasteiger partial charge in [0.2, 0.25) is 5.91 Å². The summed E-state index contributed by atoms with van der Waals surface area (Å²) in [6.07, 6.45) is 24.9. The van der Waals surface area contributed by atoms with Crippen molar-refractivity contribution in [2.24, 2.45) is 0 Å². The first-order valence-electron chi connectivity index (χ1n) is 31.0. The first-order chi connectivity index (χ1) is 39.3. The Labute approximate surface area is 484 Å². The monoisotopic (exact) mass is 1160 g/mol. The first-order valence-corrected chi connectivity index (χ1v) is 31.0. The molecule has 0 aliphatic carbocycles. The Balaban J connectivity index is 1.52. The van der Waals surface area contributed by atoms with Gasteiger partial charge in [0.05, 0.1) is 38.6 Å². The number of hydrogen-bond acceptors (Lipinski definition) is 18. The number of amides is 1. The van der Waals surface area contributed by atoms with Gasteiger partial charge in [-0.15, -0.1) is 0 Å². The van der Waals surface area contributed by atoms with Crippen molar-refractivity contribution >= 4 is 5.91 Å². The highest BCUT2D eigenvalue weighted by molar-refractivity contribution is 5.76. The standard InChI is InChI=1S/C62H109NO18/c1-3-5-7-9-11-13-15-17-19-20-21-22-23-24-26-27-29-31-33-35-37-39-46(67)45(63-50(68)40-38-36-34-32-30-28-25-18-16-14-12-10-8-6-4-2)44-76-60-56(74)53(71)58(48(42-65)78-60)81-62-57(75)54(72)59(49(43-66)79-62)80-61-55(73)52(70)51(69)47(41-64)77-61/h12,14,18,23-25,29,31,37,39,45-49,51-62,64-67,69-75H,3-11,13,15-17,19-22,26-28,30,32-36,38,40-44H2,1-2H3,(H,63,68)/b14-12-,24-23+,25-18-,31-29+,39-37+. The number of aliphatic hydroxyl groups is 11. The number of unbranched alkanes of at least 4 members (excludes halogenated alkanes) is 21. The second-order valence-corrected chi connectivity index (χ2v) is 22.1. The summed E-state index contributed by atoms with van der Waals surface area (Å²) in [5.41, 5.74) is 0. The highest BCUT2D eigenvalue weighted by Gasteiger charge is 2.53. The zero-order chi connectivity index (χ0) is 59.0. The van der Waals surface area contributed by atoms with Gasteiger partial charge in [0, 0.05) is 6.42 Å². The third kappa shape index (κ3) is 28.5. The van der Waals surface area contributed by atoms with E-state index in [9.17, 15) is 61.0 Å². The van der Waals surface area contributed by atoms with E-state index in [0.29, 0.717) is 12.8 Å². The fourth-order valence-electron chi connectivity index (χ4n) is 10.1. The maximum atomic E-state index is 13.3. The molecule has 3 aliphatic rings. The van der Waals surface area contributed by atoms with Gasteiger partial charge in [-0.1, -0.05) is 171 Å². The summed E-state index contributed by atoms with van der Waals surface area (Å²) in [5, 5.41) is 120.